The van der Waals surface area contributed by atoms with Gasteiger partial charge in [0.05, 0.1) is 12.3 Å². The summed E-state index contributed by atoms with van der Waals surface area (Å²) in [6.45, 7) is 4.02. The predicted molar refractivity (Wildman–Crippen MR) is 124 cm³/mol. The Labute approximate surface area is 182 Å². The highest BCUT2D eigenvalue weighted by Crippen LogP contribution is 2.28. The van der Waals surface area contributed by atoms with Crippen LogP contribution in [0.3, 0.4) is 0 Å². The molecule has 1 aromatic heterocycles. The topological polar surface area (TPSA) is 57.6 Å². The molecule has 0 radical (unpaired) electrons. The SMILES string of the molecule is CCOCc1cc2c(NC(=S)N3Cc4ccccc4CC3CCO)cccc2cn1. The van der Waals surface area contributed by atoms with Crippen LogP contribution in [-0.4, -0.2) is 39.4 Å². The molecular formula is C24H27N3O2S. The Morgan fingerprint density at radius 1 is 1.23 bits per heavy atom. The molecule has 2 heterocycles. The van der Waals surface area contributed by atoms with Crippen LogP contribution >= 0.6 is 12.2 Å². The minimum Gasteiger partial charge on any atom is -0.396 e. The van der Waals surface area contributed by atoms with Crippen LogP contribution in [0, 0.1) is 0 Å². The van der Waals surface area contributed by atoms with Gasteiger partial charge in [-0.05, 0) is 55.2 Å². The lowest BCUT2D eigenvalue weighted by Gasteiger charge is -2.38. The van der Waals surface area contributed by atoms with Crippen LogP contribution in [0.15, 0.2) is 54.7 Å². The first-order chi connectivity index (χ1) is 14.7. The number of pyridine rings is 1. The Morgan fingerprint density at radius 2 is 2.07 bits per heavy atom. The predicted octanol–water partition coefficient (Wildman–Crippen LogP) is 4.28. The van der Waals surface area contributed by atoms with Crippen molar-refractivity contribution >= 4 is 33.8 Å². The van der Waals surface area contributed by atoms with Crippen LogP contribution in [0.2, 0.25) is 0 Å². The van der Waals surface area contributed by atoms with Gasteiger partial charge in [0.2, 0.25) is 0 Å². The number of fused-ring (bicyclic) bond motifs is 2. The van der Waals surface area contributed by atoms with Crippen LogP contribution < -0.4 is 5.32 Å². The van der Waals surface area contributed by atoms with Gasteiger partial charge in [-0.2, -0.15) is 0 Å². The maximum Gasteiger partial charge on any atom is 0.174 e. The van der Waals surface area contributed by atoms with Crippen LogP contribution in [0.5, 0.6) is 0 Å². The molecule has 2 N–H and O–H groups in total. The van der Waals surface area contributed by atoms with E-state index in [0.29, 0.717) is 24.7 Å². The molecule has 1 aliphatic rings. The van der Waals surface area contributed by atoms with Gasteiger partial charge in [0.1, 0.15) is 0 Å². The fraction of sp³-hybridized carbons (Fsp3) is 0.333. The van der Waals surface area contributed by atoms with Crippen molar-refractivity contribution in [3.8, 4) is 0 Å². The Bertz CT molecular complexity index is 1040. The second-order valence-electron chi connectivity index (χ2n) is 7.54. The second kappa shape index (κ2) is 9.51. The number of aliphatic hydroxyl groups is 1. The monoisotopic (exact) mass is 421 g/mol. The molecule has 4 rings (SSSR count). The molecule has 0 fully saturated rings. The second-order valence-corrected chi connectivity index (χ2v) is 7.92. The van der Waals surface area contributed by atoms with Gasteiger partial charge in [-0.25, -0.2) is 0 Å². The molecule has 0 saturated carbocycles. The largest absolute Gasteiger partial charge is 0.396 e. The minimum atomic E-state index is 0.146. The van der Waals surface area contributed by atoms with E-state index in [1.165, 1.54) is 11.1 Å². The van der Waals surface area contributed by atoms with E-state index in [4.69, 9.17) is 17.0 Å². The van der Waals surface area contributed by atoms with Gasteiger partial charge in [-0.15, -0.1) is 0 Å². The van der Waals surface area contributed by atoms with Gasteiger partial charge in [0.15, 0.2) is 5.11 Å². The fourth-order valence-corrected chi connectivity index (χ4v) is 4.35. The number of aromatic nitrogens is 1. The number of aliphatic hydroxyl groups excluding tert-OH is 1. The molecule has 2 aromatic carbocycles. The summed E-state index contributed by atoms with van der Waals surface area (Å²) in [6.07, 6.45) is 3.45. The van der Waals surface area contributed by atoms with E-state index < -0.39 is 0 Å². The first-order valence-electron chi connectivity index (χ1n) is 10.4. The van der Waals surface area contributed by atoms with Crippen molar-refractivity contribution in [2.75, 3.05) is 18.5 Å². The number of hydrogen-bond donors (Lipinski definition) is 2. The van der Waals surface area contributed by atoms with Crippen molar-refractivity contribution in [1.82, 2.24) is 9.88 Å². The smallest absolute Gasteiger partial charge is 0.174 e. The summed E-state index contributed by atoms with van der Waals surface area (Å²) in [5.41, 5.74) is 4.48. The Balaban J connectivity index is 1.60. The van der Waals surface area contributed by atoms with Gasteiger partial charge in [0.25, 0.3) is 0 Å². The normalized spacial score (nSPS) is 15.8. The summed E-state index contributed by atoms with van der Waals surface area (Å²) in [7, 11) is 0. The van der Waals surface area contributed by atoms with E-state index in [0.717, 1.165) is 35.1 Å². The zero-order valence-corrected chi connectivity index (χ0v) is 18.0. The lowest BCUT2D eigenvalue weighted by molar-refractivity contribution is 0.131. The van der Waals surface area contributed by atoms with Crippen LogP contribution in [-0.2, 0) is 24.3 Å². The zero-order valence-electron chi connectivity index (χ0n) is 17.2. The lowest BCUT2D eigenvalue weighted by atomic mass is 9.93. The van der Waals surface area contributed by atoms with Gasteiger partial charge >= 0.3 is 0 Å². The molecule has 5 nitrogen and oxygen atoms in total. The molecule has 0 amide bonds. The number of hydrogen-bond acceptors (Lipinski definition) is 4. The number of benzene rings is 2. The molecule has 3 aromatic rings. The third kappa shape index (κ3) is 4.46. The van der Waals surface area contributed by atoms with E-state index in [1.807, 2.05) is 31.3 Å². The molecule has 6 heteroatoms. The van der Waals surface area contributed by atoms with Crippen molar-refractivity contribution in [3.63, 3.8) is 0 Å². The summed E-state index contributed by atoms with van der Waals surface area (Å²) in [5, 5.41) is 15.9. The molecule has 0 saturated heterocycles. The first kappa shape index (κ1) is 20.7. The van der Waals surface area contributed by atoms with E-state index >= 15 is 0 Å². The summed E-state index contributed by atoms with van der Waals surface area (Å²) in [4.78, 5) is 6.70. The number of thiocarbonyl (C=S) groups is 1. The maximum atomic E-state index is 9.59. The maximum absolute atomic E-state index is 9.59. The van der Waals surface area contributed by atoms with E-state index in [1.54, 1.807) is 0 Å². The van der Waals surface area contributed by atoms with Crippen LogP contribution in [0.4, 0.5) is 5.69 Å². The van der Waals surface area contributed by atoms with Crippen molar-refractivity contribution in [2.24, 2.45) is 0 Å². The van der Waals surface area contributed by atoms with Crippen molar-refractivity contribution in [3.05, 3.63) is 71.5 Å². The summed E-state index contributed by atoms with van der Waals surface area (Å²) in [5.74, 6) is 0. The third-order valence-electron chi connectivity index (χ3n) is 5.59. The standard InChI is InChI=1S/C24H27N3O2S/c1-2-29-16-20-13-22-18(14-25-20)8-5-9-23(22)26-24(30)27-15-19-7-4-3-6-17(19)12-21(27)10-11-28/h3-9,13-14,21,28H,2,10-12,15-16H2,1H3,(H,26,30). The summed E-state index contributed by atoms with van der Waals surface area (Å²) in [6, 6.07) is 16.8. The number of rotatable bonds is 6. The minimum absolute atomic E-state index is 0.146. The van der Waals surface area contributed by atoms with Crippen molar-refractivity contribution in [2.45, 2.75) is 39.0 Å². The van der Waals surface area contributed by atoms with Gasteiger partial charge in [0, 0.05) is 48.5 Å². The molecular weight excluding hydrogens is 394 g/mol. The summed E-state index contributed by atoms with van der Waals surface area (Å²) >= 11 is 5.83. The highest BCUT2D eigenvalue weighted by molar-refractivity contribution is 7.80. The fourth-order valence-electron chi connectivity index (χ4n) is 4.03. The molecule has 1 atom stereocenters. The Hall–Kier alpha value is -2.54. The highest BCUT2D eigenvalue weighted by Gasteiger charge is 2.27. The van der Waals surface area contributed by atoms with Gasteiger partial charge < -0.3 is 20.1 Å². The van der Waals surface area contributed by atoms with Crippen LogP contribution in [0.25, 0.3) is 10.8 Å². The average Bonchev–Trinajstić information content (AvgIpc) is 2.77. The summed E-state index contributed by atoms with van der Waals surface area (Å²) < 4.78 is 5.52. The zero-order chi connectivity index (χ0) is 20.9. The molecule has 0 spiro atoms. The Morgan fingerprint density at radius 3 is 2.87 bits per heavy atom. The quantitative estimate of drug-likeness (QED) is 0.580. The van der Waals surface area contributed by atoms with Gasteiger partial charge in [-0.1, -0.05) is 36.4 Å². The molecule has 0 aliphatic carbocycles. The van der Waals surface area contributed by atoms with E-state index in [2.05, 4.69) is 45.5 Å². The Kier molecular flexibility index (Phi) is 6.57. The number of anilines is 1. The first-order valence-corrected chi connectivity index (χ1v) is 10.8. The molecule has 0 bridgehead atoms. The van der Waals surface area contributed by atoms with Crippen molar-refractivity contribution in [1.29, 1.82) is 0 Å². The molecule has 156 valence electrons. The van der Waals surface area contributed by atoms with Crippen LogP contribution in [0.1, 0.15) is 30.2 Å². The number of ether oxygens (including phenoxy) is 1. The number of nitrogens with zero attached hydrogens (tertiary/aromatic N) is 2. The van der Waals surface area contributed by atoms with Gasteiger partial charge in [-0.3, -0.25) is 4.98 Å². The number of nitrogens with one attached hydrogen (secondary N) is 1. The highest BCUT2D eigenvalue weighted by atomic mass is 32.1. The van der Waals surface area contributed by atoms with Crippen molar-refractivity contribution < 1.29 is 9.84 Å². The average molecular weight is 422 g/mol. The lowest BCUT2D eigenvalue weighted by Crippen LogP contribution is -2.46. The molecule has 1 unspecified atom stereocenters. The molecule has 1 aliphatic heterocycles. The van der Waals surface area contributed by atoms with E-state index in [9.17, 15) is 5.11 Å². The van der Waals surface area contributed by atoms with E-state index in [-0.39, 0.29) is 12.6 Å². The third-order valence-corrected chi connectivity index (χ3v) is 5.93. The molecule has 30 heavy (non-hydrogen) atoms.